The number of nitrogens with zero attached hydrogens (tertiary/aromatic N) is 1. The highest BCUT2D eigenvalue weighted by atomic mass is 16.2. The van der Waals surface area contributed by atoms with E-state index in [0.29, 0.717) is 24.4 Å². The van der Waals surface area contributed by atoms with E-state index in [-0.39, 0.29) is 36.2 Å². The van der Waals surface area contributed by atoms with E-state index in [1.165, 1.54) is 0 Å². The number of carbonyl (C=O) groups excluding carboxylic acids is 4. The van der Waals surface area contributed by atoms with Gasteiger partial charge in [-0.25, -0.2) is 4.79 Å². The predicted octanol–water partition coefficient (Wildman–Crippen LogP) is 3.42. The van der Waals surface area contributed by atoms with E-state index in [0.717, 1.165) is 23.3 Å². The zero-order chi connectivity index (χ0) is 24.4. The molecule has 1 aromatic carbocycles. The van der Waals surface area contributed by atoms with Gasteiger partial charge < -0.3 is 16.0 Å². The molecular weight excluding hydrogens is 420 g/mol. The number of hydrogen-bond donors (Lipinski definition) is 3. The van der Waals surface area contributed by atoms with Crippen LogP contribution >= 0.6 is 0 Å². The van der Waals surface area contributed by atoms with Gasteiger partial charge in [-0.1, -0.05) is 46.8 Å². The Morgan fingerprint density at radius 2 is 1.73 bits per heavy atom. The van der Waals surface area contributed by atoms with Crippen LogP contribution in [0.1, 0.15) is 65.9 Å². The second-order valence-electron chi connectivity index (χ2n) is 10.7. The highest BCUT2D eigenvalue weighted by Gasteiger charge is 2.53. The van der Waals surface area contributed by atoms with E-state index in [4.69, 9.17) is 0 Å². The van der Waals surface area contributed by atoms with Gasteiger partial charge in [-0.2, -0.15) is 0 Å². The van der Waals surface area contributed by atoms with Crippen molar-refractivity contribution in [1.29, 1.82) is 0 Å². The SMILES string of the molecule is CC(C)C(=O)Nc1ccc(CNC(=O)CN2C(=O)NC3(CCC(C(C)(C)C)CC3)C2=O)cc1. The molecule has 2 aliphatic rings. The molecule has 33 heavy (non-hydrogen) atoms. The van der Waals surface area contributed by atoms with E-state index in [9.17, 15) is 19.2 Å². The highest BCUT2D eigenvalue weighted by molar-refractivity contribution is 6.09. The summed E-state index contributed by atoms with van der Waals surface area (Å²) in [5, 5.41) is 8.45. The van der Waals surface area contributed by atoms with E-state index in [1.54, 1.807) is 12.1 Å². The zero-order valence-corrected chi connectivity index (χ0v) is 20.3. The largest absolute Gasteiger partial charge is 0.350 e. The predicted molar refractivity (Wildman–Crippen MR) is 126 cm³/mol. The van der Waals surface area contributed by atoms with Crippen LogP contribution in [-0.4, -0.2) is 40.7 Å². The van der Waals surface area contributed by atoms with E-state index in [1.807, 2.05) is 26.0 Å². The third-order valence-electron chi connectivity index (χ3n) is 6.85. The molecule has 3 N–H and O–H groups in total. The van der Waals surface area contributed by atoms with Gasteiger partial charge in [0.1, 0.15) is 12.1 Å². The van der Waals surface area contributed by atoms with Gasteiger partial charge in [0.05, 0.1) is 0 Å². The Bertz CT molecular complexity index is 909. The molecule has 0 unspecified atom stereocenters. The summed E-state index contributed by atoms with van der Waals surface area (Å²) >= 11 is 0. The molecule has 1 saturated carbocycles. The summed E-state index contributed by atoms with van der Waals surface area (Å²) in [6.07, 6.45) is 2.97. The molecule has 1 aromatic rings. The van der Waals surface area contributed by atoms with Crippen LogP contribution in [0.15, 0.2) is 24.3 Å². The van der Waals surface area contributed by atoms with Crippen LogP contribution in [0.5, 0.6) is 0 Å². The first-order chi connectivity index (χ1) is 15.4. The number of nitrogens with one attached hydrogen (secondary N) is 3. The number of anilines is 1. The van der Waals surface area contributed by atoms with Crippen LogP contribution in [0.2, 0.25) is 0 Å². The Kier molecular flexibility index (Phi) is 7.14. The van der Waals surface area contributed by atoms with Crippen molar-refractivity contribution in [1.82, 2.24) is 15.5 Å². The number of benzene rings is 1. The molecule has 8 nitrogen and oxygen atoms in total. The summed E-state index contributed by atoms with van der Waals surface area (Å²) in [4.78, 5) is 50.8. The van der Waals surface area contributed by atoms with Crippen LogP contribution in [-0.2, 0) is 20.9 Å². The van der Waals surface area contributed by atoms with Crippen molar-refractivity contribution in [3.05, 3.63) is 29.8 Å². The van der Waals surface area contributed by atoms with Crippen molar-refractivity contribution >= 4 is 29.4 Å². The van der Waals surface area contributed by atoms with Gasteiger partial charge in [-0.05, 0) is 54.7 Å². The molecule has 1 heterocycles. The van der Waals surface area contributed by atoms with Crippen molar-refractivity contribution in [2.45, 2.75) is 72.4 Å². The van der Waals surface area contributed by atoms with Crippen molar-refractivity contribution in [2.75, 3.05) is 11.9 Å². The highest BCUT2D eigenvalue weighted by Crippen LogP contribution is 2.43. The molecule has 0 aromatic heterocycles. The maximum absolute atomic E-state index is 13.1. The number of imide groups is 1. The Labute approximate surface area is 195 Å². The lowest BCUT2D eigenvalue weighted by Gasteiger charge is -2.40. The molecule has 1 saturated heterocycles. The first-order valence-corrected chi connectivity index (χ1v) is 11.7. The minimum atomic E-state index is -0.866. The lowest BCUT2D eigenvalue weighted by molar-refractivity contribution is -0.136. The van der Waals surface area contributed by atoms with Crippen molar-refractivity contribution < 1.29 is 19.2 Å². The average molecular weight is 457 g/mol. The van der Waals surface area contributed by atoms with Crippen LogP contribution in [0.4, 0.5) is 10.5 Å². The summed E-state index contributed by atoms with van der Waals surface area (Å²) < 4.78 is 0. The average Bonchev–Trinajstić information content (AvgIpc) is 2.96. The van der Waals surface area contributed by atoms with Crippen molar-refractivity contribution in [3.8, 4) is 0 Å². The molecule has 1 aliphatic carbocycles. The third kappa shape index (κ3) is 5.72. The van der Waals surface area contributed by atoms with Gasteiger partial charge in [0.15, 0.2) is 0 Å². The fourth-order valence-electron chi connectivity index (χ4n) is 4.53. The first-order valence-electron chi connectivity index (χ1n) is 11.7. The van der Waals surface area contributed by atoms with Gasteiger partial charge in [0, 0.05) is 18.2 Å². The smallest absolute Gasteiger partial charge is 0.325 e. The standard InChI is InChI=1S/C25H36N4O4/c1-16(2)21(31)27-19-8-6-17(7-9-19)14-26-20(30)15-29-22(32)25(28-23(29)33)12-10-18(11-13-25)24(3,4)5/h6-9,16,18H,10-15H2,1-5H3,(H,26,30)(H,27,31)(H,28,33). The number of hydrogen-bond acceptors (Lipinski definition) is 4. The molecule has 3 rings (SSSR count). The molecule has 1 aliphatic heterocycles. The molecular formula is C25H36N4O4. The quantitative estimate of drug-likeness (QED) is 0.570. The van der Waals surface area contributed by atoms with Crippen molar-refractivity contribution in [3.63, 3.8) is 0 Å². The zero-order valence-electron chi connectivity index (χ0n) is 20.3. The molecule has 0 radical (unpaired) electrons. The second kappa shape index (κ2) is 9.53. The summed E-state index contributed by atoms with van der Waals surface area (Å²) in [5.74, 6) is -0.344. The first kappa shape index (κ1) is 24.7. The lowest BCUT2D eigenvalue weighted by Crippen LogP contribution is -2.51. The van der Waals surface area contributed by atoms with Crippen LogP contribution in [0.3, 0.4) is 0 Å². The molecule has 1 spiro atoms. The molecule has 0 atom stereocenters. The van der Waals surface area contributed by atoms with Gasteiger partial charge in [0.25, 0.3) is 5.91 Å². The summed E-state index contributed by atoms with van der Waals surface area (Å²) in [7, 11) is 0. The minimum Gasteiger partial charge on any atom is -0.350 e. The van der Waals surface area contributed by atoms with Crippen LogP contribution < -0.4 is 16.0 Å². The van der Waals surface area contributed by atoms with Crippen molar-refractivity contribution in [2.24, 2.45) is 17.3 Å². The fraction of sp³-hybridized carbons (Fsp3) is 0.600. The number of urea groups is 1. The summed E-state index contributed by atoms with van der Waals surface area (Å²) in [6.45, 7) is 10.2. The number of rotatable bonds is 6. The van der Waals surface area contributed by atoms with Gasteiger partial charge in [-0.3, -0.25) is 19.3 Å². The summed E-state index contributed by atoms with van der Waals surface area (Å²) in [6, 6.07) is 6.68. The molecule has 0 bridgehead atoms. The molecule has 8 heteroatoms. The molecule has 2 fully saturated rings. The van der Waals surface area contributed by atoms with Crippen LogP contribution in [0, 0.1) is 17.3 Å². The van der Waals surface area contributed by atoms with Gasteiger partial charge in [-0.15, -0.1) is 0 Å². The van der Waals surface area contributed by atoms with Crippen LogP contribution in [0.25, 0.3) is 0 Å². The Hall–Kier alpha value is -2.90. The molecule has 5 amide bonds. The Balaban J connectivity index is 1.51. The summed E-state index contributed by atoms with van der Waals surface area (Å²) in [5.41, 5.74) is 0.843. The maximum Gasteiger partial charge on any atom is 0.325 e. The number of amides is 5. The lowest BCUT2D eigenvalue weighted by atomic mass is 9.67. The topological polar surface area (TPSA) is 108 Å². The Morgan fingerprint density at radius 1 is 1.12 bits per heavy atom. The Morgan fingerprint density at radius 3 is 2.27 bits per heavy atom. The number of carbonyl (C=O) groups is 4. The normalized spacial score (nSPS) is 23.1. The molecule has 180 valence electrons. The monoisotopic (exact) mass is 456 g/mol. The van der Waals surface area contributed by atoms with E-state index in [2.05, 4.69) is 36.7 Å². The minimum absolute atomic E-state index is 0.0609. The maximum atomic E-state index is 13.1. The van der Waals surface area contributed by atoms with Gasteiger partial charge >= 0.3 is 6.03 Å². The van der Waals surface area contributed by atoms with Gasteiger partial charge in [0.2, 0.25) is 11.8 Å². The fourth-order valence-corrected chi connectivity index (χ4v) is 4.53. The van der Waals surface area contributed by atoms with E-state index < -0.39 is 17.5 Å². The van der Waals surface area contributed by atoms with E-state index >= 15 is 0 Å². The second-order valence-corrected chi connectivity index (χ2v) is 10.7. The third-order valence-corrected chi connectivity index (χ3v) is 6.85.